The molecule has 0 aliphatic heterocycles. The first-order valence-corrected chi connectivity index (χ1v) is 4.81. The molecule has 0 atom stereocenters. The monoisotopic (exact) mass is 245 g/mol. The summed E-state index contributed by atoms with van der Waals surface area (Å²) < 4.78 is 41.6. The van der Waals surface area contributed by atoms with Gasteiger partial charge in [0.1, 0.15) is 0 Å². The third-order valence-electron chi connectivity index (χ3n) is 1.79. The molecule has 1 heterocycles. The highest BCUT2D eigenvalue weighted by molar-refractivity contribution is 5.86. The standard InChI is InChI=1S/C11H10F3NO2/c1-2-17-10(16)4-3-9-7-8(5-6-15-9)11(12,13)14/h3-7H,2H2,1H3/b4-3+. The Morgan fingerprint density at radius 1 is 1.53 bits per heavy atom. The maximum Gasteiger partial charge on any atom is 0.416 e. The van der Waals surface area contributed by atoms with Crippen molar-refractivity contribution in [3.8, 4) is 0 Å². The van der Waals surface area contributed by atoms with Crippen LogP contribution in [0.4, 0.5) is 13.2 Å². The van der Waals surface area contributed by atoms with Crippen molar-refractivity contribution in [1.29, 1.82) is 0 Å². The second-order valence-corrected chi connectivity index (χ2v) is 3.05. The molecule has 0 bridgehead atoms. The summed E-state index contributed by atoms with van der Waals surface area (Å²) in [5.41, 5.74) is -0.760. The van der Waals surface area contributed by atoms with Crippen molar-refractivity contribution in [3.63, 3.8) is 0 Å². The summed E-state index contributed by atoms with van der Waals surface area (Å²) >= 11 is 0. The van der Waals surface area contributed by atoms with E-state index in [9.17, 15) is 18.0 Å². The topological polar surface area (TPSA) is 39.2 Å². The minimum atomic E-state index is -4.42. The van der Waals surface area contributed by atoms with E-state index >= 15 is 0 Å². The largest absolute Gasteiger partial charge is 0.463 e. The van der Waals surface area contributed by atoms with Crippen molar-refractivity contribution in [2.45, 2.75) is 13.1 Å². The quantitative estimate of drug-likeness (QED) is 0.607. The first-order valence-electron chi connectivity index (χ1n) is 4.81. The Kier molecular flexibility index (Phi) is 4.25. The number of hydrogen-bond acceptors (Lipinski definition) is 3. The van der Waals surface area contributed by atoms with Crippen LogP contribution in [0.5, 0.6) is 0 Å². The molecule has 0 saturated heterocycles. The Balaban J connectivity index is 2.83. The maximum absolute atomic E-state index is 12.3. The van der Waals surface area contributed by atoms with Gasteiger partial charge in [0, 0.05) is 12.3 Å². The number of esters is 1. The molecule has 0 saturated carbocycles. The van der Waals surface area contributed by atoms with Gasteiger partial charge in [0.25, 0.3) is 0 Å². The molecule has 0 N–H and O–H groups in total. The zero-order valence-electron chi connectivity index (χ0n) is 8.99. The molecule has 0 aliphatic carbocycles. The number of halogens is 3. The fraction of sp³-hybridized carbons (Fsp3) is 0.273. The van der Waals surface area contributed by atoms with E-state index in [4.69, 9.17) is 0 Å². The lowest BCUT2D eigenvalue weighted by Gasteiger charge is -2.05. The number of carbonyl (C=O) groups excluding carboxylic acids is 1. The van der Waals surface area contributed by atoms with Gasteiger partial charge in [-0.2, -0.15) is 13.2 Å². The summed E-state index contributed by atoms with van der Waals surface area (Å²) in [4.78, 5) is 14.6. The molecule has 0 radical (unpaired) electrons. The molecule has 17 heavy (non-hydrogen) atoms. The molecule has 0 amide bonds. The van der Waals surface area contributed by atoms with Crippen LogP contribution in [0.25, 0.3) is 6.08 Å². The van der Waals surface area contributed by atoms with E-state index < -0.39 is 17.7 Å². The van der Waals surface area contributed by atoms with Crippen molar-refractivity contribution >= 4 is 12.0 Å². The molecule has 0 spiro atoms. The van der Waals surface area contributed by atoms with Gasteiger partial charge in [-0.1, -0.05) is 0 Å². The number of aromatic nitrogens is 1. The molecule has 3 nitrogen and oxygen atoms in total. The van der Waals surface area contributed by atoms with Crippen molar-refractivity contribution in [3.05, 3.63) is 35.7 Å². The SMILES string of the molecule is CCOC(=O)/C=C/c1cc(C(F)(F)F)ccn1. The molecular weight excluding hydrogens is 235 g/mol. The van der Waals surface area contributed by atoms with Crippen LogP contribution in [0.2, 0.25) is 0 Å². The van der Waals surface area contributed by atoms with Gasteiger partial charge in [0.15, 0.2) is 0 Å². The highest BCUT2D eigenvalue weighted by Crippen LogP contribution is 2.29. The smallest absolute Gasteiger partial charge is 0.416 e. The van der Waals surface area contributed by atoms with Crippen LogP contribution in [0.15, 0.2) is 24.4 Å². The molecule has 0 unspecified atom stereocenters. The van der Waals surface area contributed by atoms with Crippen molar-refractivity contribution in [2.75, 3.05) is 6.61 Å². The van der Waals surface area contributed by atoms with Gasteiger partial charge in [0.05, 0.1) is 17.9 Å². The summed E-state index contributed by atoms with van der Waals surface area (Å²) in [6, 6.07) is 1.72. The number of rotatable bonds is 3. The third kappa shape index (κ3) is 4.26. The van der Waals surface area contributed by atoms with E-state index in [0.29, 0.717) is 0 Å². The van der Waals surface area contributed by atoms with Gasteiger partial charge < -0.3 is 4.74 Å². The fourth-order valence-corrected chi connectivity index (χ4v) is 1.06. The van der Waals surface area contributed by atoms with Crippen molar-refractivity contribution in [1.82, 2.24) is 4.98 Å². The van der Waals surface area contributed by atoms with Crippen LogP contribution in [0, 0.1) is 0 Å². The van der Waals surface area contributed by atoms with E-state index in [1.54, 1.807) is 6.92 Å². The van der Waals surface area contributed by atoms with Crippen LogP contribution < -0.4 is 0 Å². The summed E-state index contributed by atoms with van der Waals surface area (Å²) in [7, 11) is 0. The Bertz CT molecular complexity index is 427. The first kappa shape index (κ1) is 13.2. The molecule has 0 fully saturated rings. The lowest BCUT2D eigenvalue weighted by atomic mass is 10.2. The average molecular weight is 245 g/mol. The number of nitrogens with zero attached hydrogens (tertiary/aromatic N) is 1. The molecule has 1 aromatic rings. The zero-order valence-corrected chi connectivity index (χ0v) is 8.99. The van der Waals surface area contributed by atoms with Crippen LogP contribution in [0.1, 0.15) is 18.2 Å². The average Bonchev–Trinajstić information content (AvgIpc) is 2.26. The molecule has 6 heteroatoms. The fourth-order valence-electron chi connectivity index (χ4n) is 1.06. The Morgan fingerprint density at radius 3 is 2.82 bits per heavy atom. The number of hydrogen-bond donors (Lipinski definition) is 0. The predicted molar refractivity (Wildman–Crippen MR) is 54.9 cm³/mol. The number of pyridine rings is 1. The molecule has 0 aromatic carbocycles. The van der Waals surface area contributed by atoms with E-state index in [2.05, 4.69) is 9.72 Å². The van der Waals surface area contributed by atoms with E-state index in [-0.39, 0.29) is 12.3 Å². The van der Waals surface area contributed by atoms with E-state index in [1.807, 2.05) is 0 Å². The van der Waals surface area contributed by atoms with Crippen molar-refractivity contribution < 1.29 is 22.7 Å². The minimum Gasteiger partial charge on any atom is -0.463 e. The minimum absolute atomic E-state index is 0.0490. The van der Waals surface area contributed by atoms with Crippen LogP contribution in [0.3, 0.4) is 0 Å². The van der Waals surface area contributed by atoms with Gasteiger partial charge in [-0.3, -0.25) is 4.98 Å². The van der Waals surface area contributed by atoms with Crippen LogP contribution in [-0.4, -0.2) is 17.6 Å². The second-order valence-electron chi connectivity index (χ2n) is 3.05. The predicted octanol–water partition coefficient (Wildman–Crippen LogP) is 2.68. The molecular formula is C11H10F3NO2. The zero-order chi connectivity index (χ0) is 12.9. The molecule has 1 rings (SSSR count). The van der Waals surface area contributed by atoms with Gasteiger partial charge in [-0.15, -0.1) is 0 Å². The normalized spacial score (nSPS) is 11.8. The summed E-state index contributed by atoms with van der Waals surface area (Å²) in [5.74, 6) is -0.619. The Labute approximate surface area is 95.9 Å². The molecule has 0 aliphatic rings. The van der Waals surface area contributed by atoms with Gasteiger partial charge >= 0.3 is 12.1 Å². The Morgan fingerprint density at radius 2 is 2.24 bits per heavy atom. The maximum atomic E-state index is 12.3. The van der Waals surface area contributed by atoms with Gasteiger partial charge in [0.2, 0.25) is 0 Å². The Hall–Kier alpha value is -1.85. The first-order chi connectivity index (χ1) is 7.93. The van der Waals surface area contributed by atoms with Crippen molar-refractivity contribution in [2.24, 2.45) is 0 Å². The summed E-state index contributed by atoms with van der Waals surface area (Å²) in [6.07, 6.45) is -1.18. The summed E-state index contributed by atoms with van der Waals surface area (Å²) in [5, 5.41) is 0. The van der Waals surface area contributed by atoms with Crippen LogP contribution >= 0.6 is 0 Å². The lowest BCUT2D eigenvalue weighted by molar-refractivity contribution is -0.138. The van der Waals surface area contributed by atoms with E-state index in [1.165, 1.54) is 6.08 Å². The second kappa shape index (κ2) is 5.47. The van der Waals surface area contributed by atoms with Crippen LogP contribution in [-0.2, 0) is 15.7 Å². The number of alkyl halides is 3. The highest BCUT2D eigenvalue weighted by Gasteiger charge is 2.30. The summed E-state index contributed by atoms with van der Waals surface area (Å²) in [6.45, 7) is 1.84. The third-order valence-corrected chi connectivity index (χ3v) is 1.79. The van der Waals surface area contributed by atoms with Gasteiger partial charge in [-0.25, -0.2) is 4.79 Å². The lowest BCUT2D eigenvalue weighted by Crippen LogP contribution is -2.05. The molecule has 92 valence electrons. The highest BCUT2D eigenvalue weighted by atomic mass is 19.4. The van der Waals surface area contributed by atoms with Gasteiger partial charge in [-0.05, 0) is 25.1 Å². The number of carbonyl (C=O) groups is 1. The molecule has 1 aromatic heterocycles. The number of ether oxygens (including phenoxy) is 1. The van der Waals surface area contributed by atoms with E-state index in [0.717, 1.165) is 24.4 Å².